The second-order valence-corrected chi connectivity index (χ2v) is 4.10. The number of amides is 1. The van der Waals surface area contributed by atoms with E-state index in [0.29, 0.717) is 26.1 Å². The van der Waals surface area contributed by atoms with E-state index in [1.807, 2.05) is 6.92 Å². The van der Waals surface area contributed by atoms with Gasteiger partial charge in [0.2, 0.25) is 5.91 Å². The van der Waals surface area contributed by atoms with Gasteiger partial charge < -0.3 is 9.64 Å². The van der Waals surface area contributed by atoms with E-state index >= 15 is 0 Å². The summed E-state index contributed by atoms with van der Waals surface area (Å²) < 4.78 is 4.84. The zero-order valence-electron chi connectivity index (χ0n) is 10.2. The minimum absolute atomic E-state index is 0.207. The Kier molecular flexibility index (Phi) is 5.29. The second-order valence-electron chi connectivity index (χ2n) is 4.10. The average molecular weight is 227 g/mol. The van der Waals surface area contributed by atoms with Crippen LogP contribution in [0.5, 0.6) is 0 Å². The molecular weight excluding hydrogens is 206 g/mol. The lowest BCUT2D eigenvalue weighted by Gasteiger charge is -2.30. The smallest absolute Gasteiger partial charge is 0.307 e. The fraction of sp³-hybridized carbons (Fsp3) is 0.833. The maximum atomic E-state index is 11.9. The van der Waals surface area contributed by atoms with Crippen molar-refractivity contribution in [3.05, 3.63) is 0 Å². The molecule has 0 aliphatic heterocycles. The second kappa shape index (κ2) is 6.51. The van der Waals surface area contributed by atoms with Crippen LogP contribution < -0.4 is 0 Å². The quantitative estimate of drug-likeness (QED) is 0.647. The Balaban J connectivity index is 2.30. The molecule has 1 aliphatic rings. The minimum Gasteiger partial charge on any atom is -0.466 e. The van der Waals surface area contributed by atoms with Gasteiger partial charge in [0, 0.05) is 19.0 Å². The molecule has 0 spiro atoms. The summed E-state index contributed by atoms with van der Waals surface area (Å²) in [6.45, 7) is 5.30. The number of hydrogen-bond acceptors (Lipinski definition) is 3. The molecule has 1 aliphatic carbocycles. The zero-order chi connectivity index (χ0) is 12.0. The molecule has 0 aromatic carbocycles. The van der Waals surface area contributed by atoms with Crippen LogP contribution in [0.25, 0.3) is 0 Å². The fourth-order valence-electron chi connectivity index (χ4n) is 1.80. The number of nitrogens with zero attached hydrogens (tertiary/aromatic N) is 1. The highest BCUT2D eigenvalue weighted by Crippen LogP contribution is 2.28. The Morgan fingerprint density at radius 2 is 2.00 bits per heavy atom. The molecule has 0 aromatic rings. The Hall–Kier alpha value is -1.06. The third kappa shape index (κ3) is 3.51. The molecule has 1 rings (SSSR count). The van der Waals surface area contributed by atoms with Gasteiger partial charge in [0.05, 0.1) is 13.0 Å². The maximum Gasteiger partial charge on any atom is 0.307 e. The number of esters is 1. The Morgan fingerprint density at radius 1 is 1.31 bits per heavy atom. The molecule has 0 aromatic heterocycles. The van der Waals surface area contributed by atoms with Crippen molar-refractivity contribution < 1.29 is 14.3 Å². The van der Waals surface area contributed by atoms with Crippen LogP contribution in [0.4, 0.5) is 0 Å². The van der Waals surface area contributed by atoms with Crippen molar-refractivity contribution in [2.24, 2.45) is 5.92 Å². The van der Waals surface area contributed by atoms with E-state index in [4.69, 9.17) is 4.74 Å². The molecular formula is C12H21NO3. The van der Waals surface area contributed by atoms with E-state index in [1.54, 1.807) is 11.8 Å². The molecule has 1 amide bonds. The third-order valence-electron chi connectivity index (χ3n) is 3.04. The van der Waals surface area contributed by atoms with Gasteiger partial charge in [-0.2, -0.15) is 0 Å². The number of ether oxygens (including phenoxy) is 1. The van der Waals surface area contributed by atoms with Crippen molar-refractivity contribution in [1.29, 1.82) is 0 Å². The van der Waals surface area contributed by atoms with Crippen molar-refractivity contribution in [2.45, 2.75) is 39.5 Å². The van der Waals surface area contributed by atoms with Crippen LogP contribution in [0.2, 0.25) is 0 Å². The highest BCUT2D eigenvalue weighted by Gasteiger charge is 2.28. The monoisotopic (exact) mass is 227 g/mol. The summed E-state index contributed by atoms with van der Waals surface area (Å²) in [6.07, 6.45) is 3.48. The molecule has 0 bridgehead atoms. The Labute approximate surface area is 96.9 Å². The van der Waals surface area contributed by atoms with E-state index in [-0.39, 0.29) is 17.8 Å². The van der Waals surface area contributed by atoms with Gasteiger partial charge in [0.1, 0.15) is 0 Å². The standard InChI is InChI=1S/C12H21NO3/c1-3-13(9-8-11(14)16-4-2)12(15)10-6-5-7-10/h10H,3-9H2,1-2H3. The van der Waals surface area contributed by atoms with Crippen molar-refractivity contribution in [3.8, 4) is 0 Å². The normalized spacial score (nSPS) is 15.4. The van der Waals surface area contributed by atoms with Gasteiger partial charge in [-0.25, -0.2) is 0 Å². The molecule has 0 N–H and O–H groups in total. The molecule has 4 nitrogen and oxygen atoms in total. The van der Waals surface area contributed by atoms with Gasteiger partial charge in [0.25, 0.3) is 0 Å². The first-order chi connectivity index (χ1) is 7.69. The van der Waals surface area contributed by atoms with E-state index in [2.05, 4.69) is 0 Å². The lowest BCUT2D eigenvalue weighted by molar-refractivity contribution is -0.145. The maximum absolute atomic E-state index is 11.9. The average Bonchev–Trinajstić information content (AvgIpc) is 2.16. The van der Waals surface area contributed by atoms with E-state index in [1.165, 1.54) is 0 Å². The van der Waals surface area contributed by atoms with Crippen LogP contribution in [-0.4, -0.2) is 36.5 Å². The first-order valence-corrected chi connectivity index (χ1v) is 6.13. The van der Waals surface area contributed by atoms with Gasteiger partial charge in [-0.15, -0.1) is 0 Å². The molecule has 1 saturated carbocycles. The third-order valence-corrected chi connectivity index (χ3v) is 3.04. The van der Waals surface area contributed by atoms with Crippen molar-refractivity contribution in [1.82, 2.24) is 4.90 Å². The summed E-state index contributed by atoms with van der Waals surface area (Å²) in [5, 5.41) is 0. The molecule has 16 heavy (non-hydrogen) atoms. The van der Waals surface area contributed by atoms with Crippen LogP contribution in [0, 0.1) is 5.92 Å². The van der Waals surface area contributed by atoms with Gasteiger partial charge >= 0.3 is 5.97 Å². The first kappa shape index (κ1) is 13.0. The summed E-state index contributed by atoms with van der Waals surface area (Å²) in [7, 11) is 0. The Morgan fingerprint density at radius 3 is 2.44 bits per heavy atom. The molecule has 0 radical (unpaired) electrons. The SMILES string of the molecule is CCOC(=O)CCN(CC)C(=O)C1CCC1. The lowest BCUT2D eigenvalue weighted by Crippen LogP contribution is -2.40. The van der Waals surface area contributed by atoms with Gasteiger partial charge in [0.15, 0.2) is 0 Å². The molecule has 4 heteroatoms. The summed E-state index contributed by atoms with van der Waals surface area (Å²) in [6, 6.07) is 0. The van der Waals surface area contributed by atoms with E-state index in [0.717, 1.165) is 19.3 Å². The predicted octanol–water partition coefficient (Wildman–Crippen LogP) is 1.59. The molecule has 1 fully saturated rings. The van der Waals surface area contributed by atoms with Crippen molar-refractivity contribution in [3.63, 3.8) is 0 Å². The Bertz CT molecular complexity index is 249. The van der Waals surface area contributed by atoms with Gasteiger partial charge in [-0.05, 0) is 26.7 Å². The number of hydrogen-bond donors (Lipinski definition) is 0. The van der Waals surface area contributed by atoms with Gasteiger partial charge in [-0.3, -0.25) is 9.59 Å². The number of carbonyl (C=O) groups excluding carboxylic acids is 2. The van der Waals surface area contributed by atoms with Crippen LogP contribution in [0.3, 0.4) is 0 Å². The molecule has 92 valence electrons. The zero-order valence-corrected chi connectivity index (χ0v) is 10.2. The summed E-state index contributed by atoms with van der Waals surface area (Å²) in [5.74, 6) is 0.197. The first-order valence-electron chi connectivity index (χ1n) is 6.13. The van der Waals surface area contributed by atoms with Crippen molar-refractivity contribution >= 4 is 11.9 Å². The highest BCUT2D eigenvalue weighted by molar-refractivity contribution is 5.80. The van der Waals surface area contributed by atoms with Crippen LogP contribution >= 0.6 is 0 Å². The van der Waals surface area contributed by atoms with Crippen LogP contribution in [0.15, 0.2) is 0 Å². The summed E-state index contributed by atoms with van der Waals surface area (Å²) in [4.78, 5) is 24.8. The topological polar surface area (TPSA) is 46.6 Å². The number of carbonyl (C=O) groups is 2. The lowest BCUT2D eigenvalue weighted by atomic mass is 9.84. The van der Waals surface area contributed by atoms with Crippen LogP contribution in [-0.2, 0) is 14.3 Å². The summed E-state index contributed by atoms with van der Waals surface area (Å²) in [5.41, 5.74) is 0. The van der Waals surface area contributed by atoms with E-state index in [9.17, 15) is 9.59 Å². The molecule has 0 unspecified atom stereocenters. The van der Waals surface area contributed by atoms with E-state index < -0.39 is 0 Å². The largest absolute Gasteiger partial charge is 0.466 e. The summed E-state index contributed by atoms with van der Waals surface area (Å²) >= 11 is 0. The van der Waals surface area contributed by atoms with Gasteiger partial charge in [-0.1, -0.05) is 6.42 Å². The highest BCUT2D eigenvalue weighted by atomic mass is 16.5. The fourth-order valence-corrected chi connectivity index (χ4v) is 1.80. The van der Waals surface area contributed by atoms with Crippen LogP contribution in [0.1, 0.15) is 39.5 Å². The number of rotatable bonds is 6. The molecule has 0 atom stereocenters. The molecule has 0 saturated heterocycles. The molecule has 0 heterocycles. The van der Waals surface area contributed by atoms with Crippen molar-refractivity contribution in [2.75, 3.05) is 19.7 Å². The minimum atomic E-state index is -0.220. The predicted molar refractivity (Wildman–Crippen MR) is 60.8 cm³/mol.